The van der Waals surface area contributed by atoms with E-state index in [4.69, 9.17) is 0 Å². The molecule has 2 fully saturated rings. The number of hydrogen-bond donors (Lipinski definition) is 2. The number of fused-ring (bicyclic) bond motifs is 2. The number of piperazine rings is 1. The SMILES string of the molecule is Oc1c2c(c(O)n1CC1CCCCC1CN1CCN(c3cccc4ccccc34)CC1)CCCC2. The molecule has 0 spiro atoms. The van der Waals surface area contributed by atoms with Crippen LogP contribution in [0.25, 0.3) is 10.8 Å². The third-order valence-electron chi connectivity index (χ3n) is 8.97. The van der Waals surface area contributed by atoms with E-state index in [-0.39, 0.29) is 0 Å². The summed E-state index contributed by atoms with van der Waals surface area (Å²) in [5.41, 5.74) is 3.37. The predicted molar refractivity (Wildman–Crippen MR) is 142 cm³/mol. The zero-order valence-corrected chi connectivity index (χ0v) is 20.8. The van der Waals surface area contributed by atoms with Crippen LogP contribution in [0.1, 0.15) is 49.7 Å². The molecule has 1 saturated heterocycles. The second-order valence-corrected chi connectivity index (χ2v) is 11.0. The van der Waals surface area contributed by atoms with Crippen LogP contribution in [-0.4, -0.2) is 52.4 Å². The number of rotatable bonds is 5. The molecule has 3 aliphatic rings. The van der Waals surface area contributed by atoms with Gasteiger partial charge in [-0.3, -0.25) is 9.47 Å². The number of anilines is 1. The monoisotopic (exact) mass is 473 g/mol. The lowest BCUT2D eigenvalue weighted by Crippen LogP contribution is -2.49. The molecule has 2 aliphatic carbocycles. The van der Waals surface area contributed by atoms with Crippen LogP contribution in [0.2, 0.25) is 0 Å². The third-order valence-corrected chi connectivity index (χ3v) is 8.97. The van der Waals surface area contributed by atoms with Crippen LogP contribution in [0.5, 0.6) is 11.8 Å². The van der Waals surface area contributed by atoms with Crippen LogP contribution < -0.4 is 4.90 Å². The van der Waals surface area contributed by atoms with Crippen LogP contribution in [0.3, 0.4) is 0 Å². The van der Waals surface area contributed by atoms with E-state index in [0.29, 0.717) is 23.6 Å². The number of aromatic nitrogens is 1. The topological polar surface area (TPSA) is 51.9 Å². The first-order valence-corrected chi connectivity index (χ1v) is 13.8. The van der Waals surface area contributed by atoms with Gasteiger partial charge in [-0.25, -0.2) is 0 Å². The molecule has 2 heterocycles. The van der Waals surface area contributed by atoms with E-state index in [1.165, 1.54) is 42.1 Å². The van der Waals surface area contributed by atoms with Gasteiger partial charge in [0.25, 0.3) is 0 Å². The van der Waals surface area contributed by atoms with Crippen molar-refractivity contribution in [3.05, 3.63) is 53.6 Å². The molecule has 2 atom stereocenters. The lowest BCUT2D eigenvalue weighted by molar-refractivity contribution is 0.130. The molecule has 3 aromatic rings. The van der Waals surface area contributed by atoms with E-state index in [9.17, 15) is 10.2 Å². The lowest BCUT2D eigenvalue weighted by Gasteiger charge is -2.40. The van der Waals surface area contributed by atoms with Gasteiger partial charge in [-0.15, -0.1) is 0 Å². The zero-order valence-electron chi connectivity index (χ0n) is 20.8. The fraction of sp³-hybridized carbons (Fsp3) is 0.533. The average molecular weight is 474 g/mol. The number of benzene rings is 2. The maximum atomic E-state index is 10.9. The Morgan fingerprint density at radius 1 is 0.686 bits per heavy atom. The predicted octanol–water partition coefficient (Wildman–Crippen LogP) is 5.56. The van der Waals surface area contributed by atoms with Crippen LogP contribution >= 0.6 is 0 Å². The number of nitrogens with zero attached hydrogens (tertiary/aromatic N) is 3. The van der Waals surface area contributed by atoms with Crippen molar-refractivity contribution in [1.82, 2.24) is 9.47 Å². The summed E-state index contributed by atoms with van der Waals surface area (Å²) in [5, 5.41) is 24.5. The molecule has 1 aromatic heterocycles. The van der Waals surface area contributed by atoms with E-state index in [2.05, 4.69) is 52.3 Å². The van der Waals surface area contributed by atoms with E-state index >= 15 is 0 Å². The molecule has 0 amide bonds. The Bertz CT molecular complexity index is 1140. The molecule has 1 aliphatic heterocycles. The first kappa shape index (κ1) is 22.8. The van der Waals surface area contributed by atoms with Crippen molar-refractivity contribution in [1.29, 1.82) is 0 Å². The quantitative estimate of drug-likeness (QED) is 0.509. The first-order chi connectivity index (χ1) is 17.2. The molecule has 0 bridgehead atoms. The fourth-order valence-corrected chi connectivity index (χ4v) is 6.98. The summed E-state index contributed by atoms with van der Waals surface area (Å²) in [6.07, 6.45) is 9.05. The minimum Gasteiger partial charge on any atom is -0.494 e. The molecule has 186 valence electrons. The van der Waals surface area contributed by atoms with Crippen molar-refractivity contribution in [2.24, 2.45) is 11.8 Å². The van der Waals surface area contributed by atoms with E-state index in [1.54, 1.807) is 0 Å². The smallest absolute Gasteiger partial charge is 0.197 e. The molecule has 0 radical (unpaired) electrons. The summed E-state index contributed by atoms with van der Waals surface area (Å²) in [6, 6.07) is 15.4. The molecule has 5 nitrogen and oxygen atoms in total. The van der Waals surface area contributed by atoms with Crippen molar-refractivity contribution in [3.8, 4) is 11.8 Å². The highest BCUT2D eigenvalue weighted by atomic mass is 16.3. The Morgan fingerprint density at radius 2 is 1.31 bits per heavy atom. The van der Waals surface area contributed by atoms with Gasteiger partial charge in [-0.05, 0) is 61.8 Å². The Kier molecular flexibility index (Phi) is 6.36. The zero-order chi connectivity index (χ0) is 23.8. The normalized spacial score (nSPS) is 23.5. The van der Waals surface area contributed by atoms with Crippen LogP contribution in [0.4, 0.5) is 5.69 Å². The van der Waals surface area contributed by atoms with Gasteiger partial charge in [0.2, 0.25) is 0 Å². The molecule has 2 N–H and O–H groups in total. The molecular formula is C30H39N3O2. The van der Waals surface area contributed by atoms with Crippen molar-refractivity contribution in [2.45, 2.75) is 57.9 Å². The van der Waals surface area contributed by atoms with Crippen LogP contribution in [0.15, 0.2) is 42.5 Å². The molecule has 6 rings (SSSR count). The van der Waals surface area contributed by atoms with Crippen molar-refractivity contribution < 1.29 is 10.2 Å². The third kappa shape index (κ3) is 4.40. The fourth-order valence-electron chi connectivity index (χ4n) is 6.98. The van der Waals surface area contributed by atoms with Gasteiger partial charge < -0.3 is 15.1 Å². The van der Waals surface area contributed by atoms with Gasteiger partial charge in [-0.1, -0.05) is 49.2 Å². The minimum atomic E-state index is 0.338. The Hall–Kier alpha value is -2.66. The van der Waals surface area contributed by atoms with Gasteiger partial charge in [0.05, 0.1) is 0 Å². The lowest BCUT2D eigenvalue weighted by atomic mass is 9.78. The summed E-state index contributed by atoms with van der Waals surface area (Å²) in [5.74, 6) is 1.83. The van der Waals surface area contributed by atoms with Gasteiger partial charge in [-0.2, -0.15) is 0 Å². The van der Waals surface area contributed by atoms with Gasteiger partial charge in [0, 0.05) is 61.5 Å². The highest BCUT2D eigenvalue weighted by molar-refractivity contribution is 5.94. The highest BCUT2D eigenvalue weighted by Crippen LogP contribution is 2.41. The van der Waals surface area contributed by atoms with Crippen molar-refractivity contribution in [3.63, 3.8) is 0 Å². The van der Waals surface area contributed by atoms with Crippen molar-refractivity contribution >= 4 is 16.5 Å². The Balaban J connectivity index is 1.11. The average Bonchev–Trinajstić information content (AvgIpc) is 3.15. The van der Waals surface area contributed by atoms with E-state index in [1.807, 2.05) is 4.57 Å². The Labute approximate surface area is 209 Å². The number of hydrogen-bond acceptors (Lipinski definition) is 4. The maximum Gasteiger partial charge on any atom is 0.197 e. The minimum absolute atomic E-state index is 0.338. The maximum absolute atomic E-state index is 10.9. The van der Waals surface area contributed by atoms with E-state index in [0.717, 1.165) is 76.1 Å². The molecule has 1 saturated carbocycles. The van der Waals surface area contributed by atoms with Crippen molar-refractivity contribution in [2.75, 3.05) is 37.6 Å². The van der Waals surface area contributed by atoms with Crippen LogP contribution in [0, 0.1) is 11.8 Å². The molecule has 2 unspecified atom stereocenters. The standard InChI is InChI=1S/C30H39N3O2/c34-29-26-13-5-6-14-27(26)30(35)33(29)21-24-10-2-1-9-23(24)20-31-16-18-32(19-17-31)28-15-7-11-22-8-3-4-12-25(22)28/h3-4,7-8,11-12,15,23-24,34-35H,1-2,5-6,9-10,13-14,16-21H2. The summed E-state index contributed by atoms with van der Waals surface area (Å²) in [7, 11) is 0. The Morgan fingerprint density at radius 3 is 2.03 bits per heavy atom. The second kappa shape index (κ2) is 9.77. The summed E-state index contributed by atoms with van der Waals surface area (Å²) < 4.78 is 1.84. The number of aromatic hydroxyl groups is 2. The second-order valence-electron chi connectivity index (χ2n) is 11.0. The molecule has 35 heavy (non-hydrogen) atoms. The molecule has 2 aromatic carbocycles. The largest absolute Gasteiger partial charge is 0.494 e. The first-order valence-electron chi connectivity index (χ1n) is 13.8. The van der Waals surface area contributed by atoms with Gasteiger partial charge in [0.15, 0.2) is 11.8 Å². The summed E-state index contributed by atoms with van der Waals surface area (Å²) in [6.45, 7) is 6.22. The van der Waals surface area contributed by atoms with E-state index < -0.39 is 0 Å². The summed E-state index contributed by atoms with van der Waals surface area (Å²) in [4.78, 5) is 5.21. The molecular weight excluding hydrogens is 434 g/mol. The van der Waals surface area contributed by atoms with Crippen LogP contribution in [-0.2, 0) is 19.4 Å². The van der Waals surface area contributed by atoms with Gasteiger partial charge >= 0.3 is 0 Å². The summed E-state index contributed by atoms with van der Waals surface area (Å²) >= 11 is 0. The van der Waals surface area contributed by atoms with Gasteiger partial charge in [0.1, 0.15) is 0 Å². The molecule has 5 heteroatoms. The highest BCUT2D eigenvalue weighted by Gasteiger charge is 2.32.